The first kappa shape index (κ1) is 12.8. The van der Waals surface area contributed by atoms with Crippen LogP contribution in [0.4, 0.5) is 0 Å². The molecule has 20 heavy (non-hydrogen) atoms. The number of piperidine rings is 1. The maximum atomic E-state index is 12.4. The maximum absolute atomic E-state index is 12.4. The fourth-order valence-corrected chi connectivity index (χ4v) is 2.85. The number of nitrogens with one attached hydrogen (secondary N) is 1. The predicted octanol–water partition coefficient (Wildman–Crippen LogP) is 1.01. The van der Waals surface area contributed by atoms with Crippen LogP contribution in [0.2, 0.25) is 0 Å². The molecule has 1 aromatic carbocycles. The van der Waals surface area contributed by atoms with Crippen molar-refractivity contribution < 1.29 is 14.4 Å². The Balaban J connectivity index is 1.86. The second-order valence-electron chi connectivity index (χ2n) is 5.25. The third kappa shape index (κ3) is 1.99. The molecule has 3 rings (SSSR count). The highest BCUT2D eigenvalue weighted by molar-refractivity contribution is 6.05. The van der Waals surface area contributed by atoms with Crippen LogP contribution in [0.25, 0.3) is 0 Å². The molecule has 0 saturated carbocycles. The van der Waals surface area contributed by atoms with Crippen molar-refractivity contribution in [3.63, 3.8) is 0 Å². The summed E-state index contributed by atoms with van der Waals surface area (Å²) >= 11 is 0. The monoisotopic (exact) mass is 272 g/mol. The normalized spacial score (nSPS) is 21.9. The number of carbonyl (C=O) groups is 3. The maximum Gasteiger partial charge on any atom is 0.255 e. The minimum absolute atomic E-state index is 0.114. The Hall–Kier alpha value is -2.17. The smallest absolute Gasteiger partial charge is 0.255 e. The Kier molecular flexibility index (Phi) is 3.04. The first-order chi connectivity index (χ1) is 9.60. The standard InChI is InChI=1S/C15H16N2O3/c1-2-9-3-4-11-10(7-9)8-17(15(11)20)12-5-6-13(18)16-14(12)19/h3-4,7,12H,2,5-6,8H2,1H3,(H,16,18,19)/t12-/m1/s1. The molecule has 1 N–H and O–H groups in total. The van der Waals surface area contributed by atoms with Crippen LogP contribution in [0.3, 0.4) is 0 Å². The van der Waals surface area contributed by atoms with Crippen LogP contribution >= 0.6 is 0 Å². The average molecular weight is 272 g/mol. The van der Waals surface area contributed by atoms with Crippen LogP contribution in [0.15, 0.2) is 18.2 Å². The van der Waals surface area contributed by atoms with Crippen molar-refractivity contribution >= 4 is 17.7 Å². The molecule has 2 aliphatic heterocycles. The van der Waals surface area contributed by atoms with Gasteiger partial charge in [0.05, 0.1) is 0 Å². The molecule has 1 fully saturated rings. The molecule has 0 radical (unpaired) electrons. The molecular weight excluding hydrogens is 256 g/mol. The van der Waals surface area contributed by atoms with Gasteiger partial charge in [-0.2, -0.15) is 0 Å². The second-order valence-corrected chi connectivity index (χ2v) is 5.25. The van der Waals surface area contributed by atoms with Gasteiger partial charge >= 0.3 is 0 Å². The van der Waals surface area contributed by atoms with Crippen molar-refractivity contribution in [2.75, 3.05) is 0 Å². The van der Waals surface area contributed by atoms with Gasteiger partial charge in [-0.1, -0.05) is 19.1 Å². The molecule has 2 heterocycles. The van der Waals surface area contributed by atoms with Crippen LogP contribution < -0.4 is 5.32 Å². The minimum atomic E-state index is -0.530. The molecule has 5 heteroatoms. The summed E-state index contributed by atoms with van der Waals surface area (Å²) in [6.07, 6.45) is 1.61. The van der Waals surface area contributed by atoms with Crippen molar-refractivity contribution in [3.05, 3.63) is 34.9 Å². The lowest BCUT2D eigenvalue weighted by Crippen LogP contribution is -2.52. The number of nitrogens with zero attached hydrogens (tertiary/aromatic N) is 1. The molecule has 1 saturated heterocycles. The molecule has 0 unspecified atom stereocenters. The lowest BCUT2D eigenvalue weighted by molar-refractivity contribution is -0.136. The highest BCUT2D eigenvalue weighted by atomic mass is 16.2. The number of benzene rings is 1. The van der Waals surface area contributed by atoms with Crippen LogP contribution in [0, 0.1) is 0 Å². The molecule has 0 aliphatic carbocycles. The van der Waals surface area contributed by atoms with Gasteiger partial charge < -0.3 is 4.90 Å². The zero-order valence-electron chi connectivity index (χ0n) is 11.3. The number of fused-ring (bicyclic) bond motifs is 1. The zero-order chi connectivity index (χ0) is 14.3. The summed E-state index contributed by atoms with van der Waals surface area (Å²) in [5.74, 6) is -0.737. The van der Waals surface area contributed by atoms with E-state index in [-0.39, 0.29) is 24.1 Å². The van der Waals surface area contributed by atoms with E-state index in [1.165, 1.54) is 5.56 Å². The number of imide groups is 1. The van der Waals surface area contributed by atoms with Gasteiger partial charge in [0.1, 0.15) is 6.04 Å². The third-order valence-corrected chi connectivity index (χ3v) is 4.00. The lowest BCUT2D eigenvalue weighted by atomic mass is 10.0. The zero-order valence-corrected chi connectivity index (χ0v) is 11.3. The topological polar surface area (TPSA) is 66.5 Å². The molecule has 5 nitrogen and oxygen atoms in total. The molecule has 0 spiro atoms. The second kappa shape index (κ2) is 4.74. The Morgan fingerprint density at radius 2 is 2.10 bits per heavy atom. The Bertz CT molecular complexity index is 609. The number of carbonyl (C=O) groups excluding carboxylic acids is 3. The summed E-state index contributed by atoms with van der Waals surface area (Å²) in [5.41, 5.74) is 2.83. The van der Waals surface area contributed by atoms with E-state index in [1.807, 2.05) is 18.2 Å². The molecule has 2 aliphatic rings. The highest BCUT2D eigenvalue weighted by Crippen LogP contribution is 2.28. The van der Waals surface area contributed by atoms with Gasteiger partial charge in [0, 0.05) is 18.5 Å². The number of amides is 3. The van der Waals surface area contributed by atoms with Gasteiger partial charge in [0.2, 0.25) is 11.8 Å². The summed E-state index contributed by atoms with van der Waals surface area (Å²) in [5, 5.41) is 2.30. The first-order valence-corrected chi connectivity index (χ1v) is 6.86. The van der Waals surface area contributed by atoms with Gasteiger partial charge in [0.25, 0.3) is 5.91 Å². The molecule has 3 amide bonds. The Labute approximate surface area is 116 Å². The largest absolute Gasteiger partial charge is 0.322 e. The minimum Gasteiger partial charge on any atom is -0.322 e. The molecule has 104 valence electrons. The summed E-state index contributed by atoms with van der Waals surface area (Å²) in [4.78, 5) is 37.0. The predicted molar refractivity (Wildman–Crippen MR) is 71.9 cm³/mol. The van der Waals surface area contributed by atoms with Crippen molar-refractivity contribution in [2.45, 2.75) is 38.8 Å². The van der Waals surface area contributed by atoms with E-state index in [0.29, 0.717) is 18.5 Å². The van der Waals surface area contributed by atoms with E-state index in [0.717, 1.165) is 12.0 Å². The summed E-state index contributed by atoms with van der Waals surface area (Å²) in [6.45, 7) is 2.52. The Morgan fingerprint density at radius 3 is 2.80 bits per heavy atom. The molecule has 0 bridgehead atoms. The van der Waals surface area contributed by atoms with E-state index < -0.39 is 6.04 Å². The quantitative estimate of drug-likeness (QED) is 0.817. The van der Waals surface area contributed by atoms with E-state index in [2.05, 4.69) is 12.2 Å². The van der Waals surface area contributed by atoms with Crippen LogP contribution in [0.1, 0.15) is 41.3 Å². The first-order valence-electron chi connectivity index (χ1n) is 6.86. The van der Waals surface area contributed by atoms with Crippen molar-refractivity contribution in [1.82, 2.24) is 10.2 Å². The van der Waals surface area contributed by atoms with E-state index in [1.54, 1.807) is 4.90 Å². The number of rotatable bonds is 2. The van der Waals surface area contributed by atoms with Gasteiger partial charge in [-0.25, -0.2) is 0 Å². The van der Waals surface area contributed by atoms with E-state index in [9.17, 15) is 14.4 Å². The van der Waals surface area contributed by atoms with Gasteiger partial charge in [0.15, 0.2) is 0 Å². The highest BCUT2D eigenvalue weighted by Gasteiger charge is 2.38. The summed E-state index contributed by atoms with van der Waals surface area (Å²) in [6, 6.07) is 5.28. The van der Waals surface area contributed by atoms with Crippen LogP contribution in [0.5, 0.6) is 0 Å². The third-order valence-electron chi connectivity index (χ3n) is 4.00. The van der Waals surface area contributed by atoms with Crippen LogP contribution in [-0.4, -0.2) is 28.7 Å². The average Bonchev–Trinajstić information content (AvgIpc) is 2.75. The molecule has 0 aromatic heterocycles. The molecule has 1 aromatic rings. The van der Waals surface area contributed by atoms with E-state index in [4.69, 9.17) is 0 Å². The van der Waals surface area contributed by atoms with Gasteiger partial charge in [-0.15, -0.1) is 0 Å². The molecular formula is C15H16N2O3. The fourth-order valence-electron chi connectivity index (χ4n) is 2.85. The van der Waals surface area contributed by atoms with Crippen molar-refractivity contribution in [3.8, 4) is 0 Å². The molecule has 1 atom stereocenters. The Morgan fingerprint density at radius 1 is 1.30 bits per heavy atom. The SMILES string of the molecule is CCc1ccc2c(c1)CN([C@@H]1CCC(=O)NC1=O)C2=O. The van der Waals surface area contributed by atoms with Crippen molar-refractivity contribution in [2.24, 2.45) is 0 Å². The van der Waals surface area contributed by atoms with E-state index >= 15 is 0 Å². The fraction of sp³-hybridized carbons (Fsp3) is 0.400. The number of hydrogen-bond acceptors (Lipinski definition) is 3. The van der Waals surface area contributed by atoms with Gasteiger partial charge in [-0.05, 0) is 30.0 Å². The summed E-state index contributed by atoms with van der Waals surface area (Å²) in [7, 11) is 0. The lowest BCUT2D eigenvalue weighted by Gasteiger charge is -2.29. The van der Waals surface area contributed by atoms with Crippen molar-refractivity contribution in [1.29, 1.82) is 0 Å². The number of aryl methyl sites for hydroxylation is 1. The van der Waals surface area contributed by atoms with Gasteiger partial charge in [-0.3, -0.25) is 19.7 Å². The summed E-state index contributed by atoms with van der Waals surface area (Å²) < 4.78 is 0. The number of hydrogen-bond donors (Lipinski definition) is 1. The van der Waals surface area contributed by atoms with Crippen LogP contribution in [-0.2, 0) is 22.6 Å².